The minimum atomic E-state index is 0.119. The van der Waals surface area contributed by atoms with E-state index in [9.17, 15) is 0 Å². The second-order valence-electron chi connectivity index (χ2n) is 15.1. The van der Waals surface area contributed by atoms with Crippen molar-refractivity contribution in [1.29, 1.82) is 0 Å². The van der Waals surface area contributed by atoms with Crippen LogP contribution in [0, 0.1) is 11.8 Å². The van der Waals surface area contributed by atoms with Crippen LogP contribution >= 0.6 is 0 Å². The van der Waals surface area contributed by atoms with Crippen LogP contribution in [0.1, 0.15) is 35.4 Å². The van der Waals surface area contributed by atoms with Gasteiger partial charge in [-0.05, 0) is 104 Å². The first-order valence-corrected chi connectivity index (χ1v) is 20.5. The highest BCUT2D eigenvalue weighted by Crippen LogP contribution is 2.33. The summed E-state index contributed by atoms with van der Waals surface area (Å²) in [5, 5.41) is 4.80. The van der Waals surface area contributed by atoms with E-state index in [0.717, 1.165) is 63.2 Å². The van der Waals surface area contributed by atoms with E-state index >= 15 is 0 Å². The highest BCUT2D eigenvalue weighted by molar-refractivity contribution is 5.89. The van der Waals surface area contributed by atoms with E-state index in [1.54, 1.807) is 0 Å². The average Bonchev–Trinajstić information content (AvgIpc) is 3.68. The summed E-state index contributed by atoms with van der Waals surface area (Å²) in [6.07, 6.45) is 28.5. The smallest absolute Gasteiger partial charge is 0.146 e. The third kappa shape index (κ3) is 7.74. The maximum atomic E-state index is 5.24. The molecule has 0 saturated carbocycles. The van der Waals surface area contributed by atoms with Crippen LogP contribution in [0.4, 0.5) is 0 Å². The van der Waals surface area contributed by atoms with Gasteiger partial charge >= 0.3 is 0 Å². The first-order valence-electron chi connectivity index (χ1n) is 20.5. The highest BCUT2D eigenvalue weighted by Gasteiger charge is 2.22. The van der Waals surface area contributed by atoms with E-state index in [-0.39, 0.29) is 11.8 Å². The molecule has 2 atom stereocenters. The second kappa shape index (κ2) is 17.1. The first-order chi connectivity index (χ1) is 29.2. The number of aromatic nitrogens is 2. The summed E-state index contributed by atoms with van der Waals surface area (Å²) in [4.78, 5) is 5.24. The topological polar surface area (TPSA) is 17.8 Å². The van der Waals surface area contributed by atoms with Gasteiger partial charge in [0.05, 0.1) is 11.0 Å². The Morgan fingerprint density at radius 2 is 1.41 bits per heavy atom. The summed E-state index contributed by atoms with van der Waals surface area (Å²) >= 11 is 0. The van der Waals surface area contributed by atoms with Gasteiger partial charge in [-0.3, -0.25) is 4.57 Å². The van der Waals surface area contributed by atoms with Crippen molar-refractivity contribution < 1.29 is 0 Å². The fourth-order valence-corrected chi connectivity index (χ4v) is 8.38. The number of hydrogen-bond acceptors (Lipinski definition) is 1. The molecule has 284 valence electrons. The minimum absolute atomic E-state index is 0.119. The van der Waals surface area contributed by atoms with Crippen LogP contribution in [0.5, 0.6) is 0 Å². The van der Waals surface area contributed by atoms with E-state index in [4.69, 9.17) is 11.6 Å². The lowest BCUT2D eigenvalue weighted by atomic mass is 9.79. The van der Waals surface area contributed by atoms with Crippen molar-refractivity contribution in [1.82, 2.24) is 9.55 Å². The van der Waals surface area contributed by atoms with Crippen molar-refractivity contribution in [3.63, 3.8) is 0 Å². The Morgan fingerprint density at radius 1 is 0.678 bits per heavy atom. The van der Waals surface area contributed by atoms with E-state index in [1.165, 1.54) is 32.3 Å². The van der Waals surface area contributed by atoms with Crippen molar-refractivity contribution in [3.8, 4) is 5.69 Å². The molecule has 7 aromatic rings. The van der Waals surface area contributed by atoms with Crippen LogP contribution in [-0.2, 0) is 0 Å². The minimum Gasteiger partial charge on any atom is -0.292 e. The molecular weight excluding hydrogens is 713 g/mol. The molecule has 0 aliphatic heterocycles. The van der Waals surface area contributed by atoms with Crippen molar-refractivity contribution in [2.24, 2.45) is 11.8 Å². The van der Waals surface area contributed by atoms with E-state index in [1.807, 2.05) is 6.08 Å². The number of allylic oxidation sites excluding steroid dienone is 12. The van der Waals surface area contributed by atoms with Gasteiger partial charge in [-0.1, -0.05) is 189 Å². The predicted molar refractivity (Wildman–Crippen MR) is 251 cm³/mol. The largest absolute Gasteiger partial charge is 0.292 e. The standard InChI is InChI=1S/C57H46N2/c1-3-43-22-16-17-29-49(43)41(2)50-30-12-4-5-13-31-51(47-37-36-44-23-14-15-26-46(44)40-47)54-39-42(35-38-53(50)54)21-20-32-52(45-24-8-6-9-25-45)57-58-55-33-18-19-34-56(55)59(57)48-27-10-7-11-28-48/h3,6-40,43,49H,1-2,4-5H2/b21-20+,30-12+,31-13+,52-32+,53-50+,54-51+. The number of nitrogens with zero attached hydrogens (tertiary/aromatic N) is 2. The molecule has 1 aromatic heterocycles. The lowest BCUT2D eigenvalue weighted by Crippen LogP contribution is -2.31. The molecule has 6 aromatic carbocycles. The van der Waals surface area contributed by atoms with E-state index in [2.05, 4.69) is 224 Å². The van der Waals surface area contributed by atoms with E-state index < -0.39 is 0 Å². The number of benzene rings is 6. The Morgan fingerprint density at radius 3 is 2.24 bits per heavy atom. The molecule has 2 aliphatic rings. The Balaban J connectivity index is 1.25. The van der Waals surface area contributed by atoms with Crippen molar-refractivity contribution >= 4 is 44.6 Å². The van der Waals surface area contributed by atoms with Crippen molar-refractivity contribution in [3.05, 3.63) is 264 Å². The van der Waals surface area contributed by atoms with Crippen LogP contribution in [0.2, 0.25) is 0 Å². The van der Waals surface area contributed by atoms with Gasteiger partial charge in [0, 0.05) is 23.1 Å². The summed E-state index contributed by atoms with van der Waals surface area (Å²) < 4.78 is 2.27. The molecule has 9 rings (SSSR count). The Labute approximate surface area is 347 Å². The van der Waals surface area contributed by atoms with Crippen molar-refractivity contribution in [2.75, 3.05) is 0 Å². The molecular formula is C57H46N2. The van der Waals surface area contributed by atoms with Crippen LogP contribution in [0.25, 0.3) is 50.3 Å². The Bertz CT molecular complexity index is 3020. The normalized spacial score (nSPS) is 19.8. The van der Waals surface area contributed by atoms with E-state index in [0.29, 0.717) is 0 Å². The van der Waals surface area contributed by atoms with Gasteiger partial charge in [0.2, 0.25) is 0 Å². The molecule has 59 heavy (non-hydrogen) atoms. The van der Waals surface area contributed by atoms with Gasteiger partial charge in [0.1, 0.15) is 5.82 Å². The molecule has 0 fully saturated rings. The molecule has 0 bridgehead atoms. The highest BCUT2D eigenvalue weighted by atomic mass is 15.1. The quantitative estimate of drug-likeness (QED) is 0.106. The number of fused-ring (bicyclic) bond motifs is 3. The fourth-order valence-electron chi connectivity index (χ4n) is 8.38. The lowest BCUT2D eigenvalue weighted by Gasteiger charge is -2.25. The number of rotatable bonds is 9. The molecule has 0 spiro atoms. The fraction of sp³-hybridized carbons (Fsp3) is 0.0702. The van der Waals surface area contributed by atoms with Crippen LogP contribution < -0.4 is 10.4 Å². The Hall–Kier alpha value is -7.29. The van der Waals surface area contributed by atoms with Crippen LogP contribution in [0.15, 0.2) is 231 Å². The first kappa shape index (κ1) is 37.3. The molecule has 0 radical (unpaired) electrons. The molecule has 1 heterocycles. The van der Waals surface area contributed by atoms with Gasteiger partial charge in [-0.15, -0.1) is 6.58 Å². The maximum Gasteiger partial charge on any atom is 0.146 e. The maximum absolute atomic E-state index is 5.24. The van der Waals surface area contributed by atoms with Crippen molar-refractivity contribution in [2.45, 2.75) is 12.8 Å². The molecule has 0 saturated heterocycles. The third-order valence-corrected chi connectivity index (χ3v) is 11.4. The number of hydrogen-bond donors (Lipinski definition) is 0. The number of imidazole rings is 1. The molecule has 0 amide bonds. The average molecular weight is 759 g/mol. The van der Waals surface area contributed by atoms with Gasteiger partial charge < -0.3 is 0 Å². The summed E-state index contributed by atoms with van der Waals surface area (Å²) in [7, 11) is 0. The molecule has 2 heteroatoms. The third-order valence-electron chi connectivity index (χ3n) is 11.4. The second-order valence-corrected chi connectivity index (χ2v) is 15.1. The van der Waals surface area contributed by atoms with Crippen LogP contribution in [-0.4, -0.2) is 9.55 Å². The van der Waals surface area contributed by atoms with Gasteiger partial charge in [0.25, 0.3) is 0 Å². The summed E-state index contributed by atoms with van der Waals surface area (Å²) in [6, 6.07) is 51.7. The lowest BCUT2D eigenvalue weighted by molar-refractivity contribution is 0.650. The SMILES string of the molecule is C=CC1C=CC=CC1C(=C)C1=c2\ccc(/C=C/C=C(\c3ccccc3)c3nc4ccccc4n3-c3ccccc3)c\c2=C(c2ccc3ccccc3c2)\C=C\CC\C=C\1. The van der Waals surface area contributed by atoms with Gasteiger partial charge in [0.15, 0.2) is 0 Å². The molecule has 2 unspecified atom stereocenters. The summed E-state index contributed by atoms with van der Waals surface area (Å²) in [5.74, 6) is 1.19. The van der Waals surface area contributed by atoms with Crippen LogP contribution in [0.3, 0.4) is 0 Å². The number of para-hydroxylation sites is 3. The van der Waals surface area contributed by atoms with Gasteiger partial charge in [-0.25, -0.2) is 4.98 Å². The Kier molecular flexibility index (Phi) is 10.8. The molecule has 2 nitrogen and oxygen atoms in total. The molecule has 2 aliphatic carbocycles. The zero-order valence-electron chi connectivity index (χ0n) is 33.2. The zero-order valence-corrected chi connectivity index (χ0v) is 33.2. The molecule has 0 N–H and O–H groups in total. The predicted octanol–water partition coefficient (Wildman–Crippen LogP) is 12.7. The zero-order chi connectivity index (χ0) is 40.0. The summed E-state index contributed by atoms with van der Waals surface area (Å²) in [6.45, 7) is 8.96. The van der Waals surface area contributed by atoms with Gasteiger partial charge in [-0.2, -0.15) is 0 Å². The summed E-state index contributed by atoms with van der Waals surface area (Å²) in [5.41, 5.74) is 11.0. The monoisotopic (exact) mass is 758 g/mol.